The maximum absolute atomic E-state index is 13.0. The lowest BCUT2D eigenvalue weighted by Gasteiger charge is -2.37. The summed E-state index contributed by atoms with van der Waals surface area (Å²) in [4.78, 5) is 16.8. The van der Waals surface area contributed by atoms with E-state index in [0.29, 0.717) is 50.9 Å². The minimum Gasteiger partial charge on any atom is -0.495 e. The number of nitrogens with zero attached hydrogens (tertiary/aromatic N) is 2. The highest BCUT2D eigenvalue weighted by atomic mass is 32.2. The molecule has 0 aliphatic carbocycles. The van der Waals surface area contributed by atoms with Gasteiger partial charge in [-0.2, -0.15) is 4.72 Å². The molecule has 1 atom stereocenters. The summed E-state index contributed by atoms with van der Waals surface area (Å²) in [6.07, 6.45) is 0.727. The third-order valence-electron chi connectivity index (χ3n) is 5.75. The average Bonchev–Trinajstić information content (AvgIpc) is 3.08. The quantitative estimate of drug-likeness (QED) is 0.681. The number of rotatable bonds is 6. The summed E-state index contributed by atoms with van der Waals surface area (Å²) in [6, 6.07) is 11.3. The van der Waals surface area contributed by atoms with Crippen LogP contribution in [0.5, 0.6) is 17.2 Å². The Labute approximate surface area is 194 Å². The average molecular weight is 476 g/mol. The Bertz CT molecular complexity index is 1100. The molecule has 0 saturated carbocycles. The number of carbonyl (C=O) groups is 1. The van der Waals surface area contributed by atoms with Gasteiger partial charge >= 0.3 is 0 Å². The predicted octanol–water partition coefficient (Wildman–Crippen LogP) is 1.87. The Morgan fingerprint density at radius 2 is 1.73 bits per heavy atom. The molecule has 2 heterocycles. The van der Waals surface area contributed by atoms with Crippen LogP contribution < -0.4 is 23.8 Å². The van der Waals surface area contributed by atoms with Crippen molar-refractivity contribution < 1.29 is 27.4 Å². The number of ether oxygens (including phenoxy) is 3. The van der Waals surface area contributed by atoms with E-state index in [1.807, 2.05) is 24.3 Å². The van der Waals surface area contributed by atoms with E-state index < -0.39 is 16.1 Å². The summed E-state index contributed by atoms with van der Waals surface area (Å²) in [6.45, 7) is 4.80. The van der Waals surface area contributed by atoms with Crippen molar-refractivity contribution in [3.63, 3.8) is 0 Å². The first-order chi connectivity index (χ1) is 15.9. The van der Waals surface area contributed by atoms with Crippen LogP contribution in [0.15, 0.2) is 47.4 Å². The van der Waals surface area contributed by atoms with Crippen LogP contribution in [0.2, 0.25) is 0 Å². The highest BCUT2D eigenvalue weighted by molar-refractivity contribution is 7.89. The molecular weight excluding hydrogens is 446 g/mol. The van der Waals surface area contributed by atoms with Gasteiger partial charge < -0.3 is 24.0 Å². The second kappa shape index (κ2) is 9.88. The van der Waals surface area contributed by atoms with Gasteiger partial charge in [0, 0.05) is 38.7 Å². The Hall–Kier alpha value is -2.98. The number of piperazine rings is 1. The molecule has 0 spiro atoms. The standard InChI is InChI=1S/C23H29N3O6S/c1-17(24-33(28,29)18-8-9-21-22(16-18)32-15-5-14-31-21)23(27)26-12-10-25(11-13-26)19-6-3-4-7-20(19)30-2/h3-4,6-9,16-17,24H,5,10-15H2,1-2H3/t17-/m0/s1. The van der Waals surface area contributed by atoms with Crippen molar-refractivity contribution in [2.45, 2.75) is 24.3 Å². The molecule has 2 aromatic rings. The van der Waals surface area contributed by atoms with Gasteiger partial charge in [-0.3, -0.25) is 4.79 Å². The van der Waals surface area contributed by atoms with Crippen molar-refractivity contribution in [2.24, 2.45) is 0 Å². The molecule has 0 radical (unpaired) electrons. The molecule has 1 N–H and O–H groups in total. The highest BCUT2D eigenvalue weighted by Crippen LogP contribution is 2.32. The summed E-state index contributed by atoms with van der Waals surface area (Å²) in [5.41, 5.74) is 0.982. The fourth-order valence-electron chi connectivity index (χ4n) is 3.99. The Morgan fingerprint density at radius 3 is 2.45 bits per heavy atom. The number of nitrogens with one attached hydrogen (secondary N) is 1. The zero-order chi connectivity index (χ0) is 23.4. The molecule has 2 aliphatic heterocycles. The number of hydrogen-bond acceptors (Lipinski definition) is 7. The highest BCUT2D eigenvalue weighted by Gasteiger charge is 2.29. The van der Waals surface area contributed by atoms with Crippen LogP contribution in [-0.4, -0.2) is 71.8 Å². The van der Waals surface area contributed by atoms with Gasteiger partial charge in [-0.1, -0.05) is 12.1 Å². The number of para-hydroxylation sites is 2. The molecule has 0 aromatic heterocycles. The van der Waals surface area contributed by atoms with Crippen LogP contribution in [0.25, 0.3) is 0 Å². The number of amides is 1. The molecule has 0 bridgehead atoms. The third-order valence-corrected chi connectivity index (χ3v) is 7.29. The zero-order valence-corrected chi connectivity index (χ0v) is 19.6. The summed E-state index contributed by atoms with van der Waals surface area (Å²) >= 11 is 0. The smallest absolute Gasteiger partial charge is 0.241 e. The lowest BCUT2D eigenvalue weighted by molar-refractivity contribution is -0.132. The second-order valence-electron chi connectivity index (χ2n) is 7.99. The molecule has 2 aliphatic rings. The van der Waals surface area contributed by atoms with Gasteiger partial charge in [0.25, 0.3) is 0 Å². The minimum absolute atomic E-state index is 0.0346. The van der Waals surface area contributed by atoms with Gasteiger partial charge in [-0.15, -0.1) is 0 Å². The number of methoxy groups -OCH3 is 1. The summed E-state index contributed by atoms with van der Waals surface area (Å²) < 4.78 is 44.9. The SMILES string of the molecule is COc1ccccc1N1CCN(C(=O)[C@H](C)NS(=O)(=O)c2ccc3c(c2)OCCCO3)CC1. The number of benzene rings is 2. The Balaban J connectivity index is 1.38. The molecule has 9 nitrogen and oxygen atoms in total. The minimum atomic E-state index is -3.91. The van der Waals surface area contributed by atoms with Crippen LogP contribution in [0.3, 0.4) is 0 Å². The molecule has 10 heteroatoms. The van der Waals surface area contributed by atoms with Crippen molar-refractivity contribution in [3.05, 3.63) is 42.5 Å². The number of carbonyl (C=O) groups excluding carboxylic acids is 1. The van der Waals surface area contributed by atoms with Crippen molar-refractivity contribution in [1.82, 2.24) is 9.62 Å². The Kier molecular flexibility index (Phi) is 6.94. The maximum atomic E-state index is 13.0. The molecular formula is C23H29N3O6S. The van der Waals surface area contributed by atoms with Gasteiger partial charge in [0.05, 0.1) is 36.9 Å². The molecule has 1 saturated heterocycles. The van der Waals surface area contributed by atoms with Crippen molar-refractivity contribution in [3.8, 4) is 17.2 Å². The fraction of sp³-hybridized carbons (Fsp3) is 0.435. The maximum Gasteiger partial charge on any atom is 0.241 e. The van der Waals surface area contributed by atoms with E-state index in [4.69, 9.17) is 14.2 Å². The predicted molar refractivity (Wildman–Crippen MR) is 124 cm³/mol. The van der Waals surface area contributed by atoms with E-state index in [9.17, 15) is 13.2 Å². The molecule has 4 rings (SSSR count). The first-order valence-corrected chi connectivity index (χ1v) is 12.5. The van der Waals surface area contributed by atoms with Gasteiger partial charge in [0.2, 0.25) is 15.9 Å². The first kappa shape index (κ1) is 23.2. The zero-order valence-electron chi connectivity index (χ0n) is 18.8. The van der Waals surface area contributed by atoms with E-state index in [2.05, 4.69) is 9.62 Å². The van der Waals surface area contributed by atoms with Gasteiger partial charge in [-0.25, -0.2) is 8.42 Å². The lowest BCUT2D eigenvalue weighted by atomic mass is 10.2. The number of fused-ring (bicyclic) bond motifs is 1. The van der Waals surface area contributed by atoms with E-state index in [1.54, 1.807) is 25.0 Å². The summed E-state index contributed by atoms with van der Waals surface area (Å²) in [5, 5.41) is 0. The number of anilines is 1. The van der Waals surface area contributed by atoms with Gasteiger partial charge in [0.15, 0.2) is 11.5 Å². The largest absolute Gasteiger partial charge is 0.495 e. The number of sulfonamides is 1. The molecule has 178 valence electrons. The van der Waals surface area contributed by atoms with Crippen LogP contribution >= 0.6 is 0 Å². The van der Waals surface area contributed by atoms with Crippen LogP contribution in [0.1, 0.15) is 13.3 Å². The van der Waals surface area contributed by atoms with E-state index in [1.165, 1.54) is 12.1 Å². The summed E-state index contributed by atoms with van der Waals surface area (Å²) in [7, 11) is -2.28. The molecule has 1 fully saturated rings. The molecule has 2 aromatic carbocycles. The lowest BCUT2D eigenvalue weighted by Crippen LogP contribution is -2.54. The normalized spacial score (nSPS) is 17.3. The van der Waals surface area contributed by atoms with E-state index in [-0.39, 0.29) is 10.8 Å². The second-order valence-corrected chi connectivity index (χ2v) is 9.70. The van der Waals surface area contributed by atoms with E-state index >= 15 is 0 Å². The van der Waals surface area contributed by atoms with Crippen LogP contribution in [-0.2, 0) is 14.8 Å². The topological polar surface area (TPSA) is 97.4 Å². The van der Waals surface area contributed by atoms with Gasteiger partial charge in [-0.05, 0) is 31.2 Å². The number of hydrogen-bond donors (Lipinski definition) is 1. The fourth-order valence-corrected chi connectivity index (χ4v) is 5.21. The molecule has 33 heavy (non-hydrogen) atoms. The van der Waals surface area contributed by atoms with Gasteiger partial charge in [0.1, 0.15) is 5.75 Å². The van der Waals surface area contributed by atoms with E-state index in [0.717, 1.165) is 17.9 Å². The first-order valence-electron chi connectivity index (χ1n) is 11.0. The summed E-state index contributed by atoms with van der Waals surface area (Å²) in [5.74, 6) is 1.44. The van der Waals surface area contributed by atoms with Crippen LogP contribution in [0, 0.1) is 0 Å². The molecule has 0 unspecified atom stereocenters. The Morgan fingerprint density at radius 1 is 1.03 bits per heavy atom. The molecule has 1 amide bonds. The monoisotopic (exact) mass is 475 g/mol. The third kappa shape index (κ3) is 5.17. The van der Waals surface area contributed by atoms with Crippen molar-refractivity contribution >= 4 is 21.6 Å². The van der Waals surface area contributed by atoms with Crippen molar-refractivity contribution in [1.29, 1.82) is 0 Å². The van der Waals surface area contributed by atoms with Crippen LogP contribution in [0.4, 0.5) is 5.69 Å². The van der Waals surface area contributed by atoms with Crippen molar-refractivity contribution in [2.75, 3.05) is 51.4 Å².